The summed E-state index contributed by atoms with van der Waals surface area (Å²) >= 11 is 0. The van der Waals surface area contributed by atoms with Crippen LogP contribution >= 0.6 is 0 Å². The SMILES string of the molecule is CC(C)c1cccc(N2C[C@@H](C)C(O)[C@@H](C)C2)n1. The van der Waals surface area contributed by atoms with E-state index >= 15 is 0 Å². The molecule has 1 fully saturated rings. The molecular formula is C15H24N2O. The number of hydrogen-bond acceptors (Lipinski definition) is 3. The van der Waals surface area contributed by atoms with Crippen LogP contribution in [-0.2, 0) is 0 Å². The van der Waals surface area contributed by atoms with Crippen molar-refractivity contribution in [1.29, 1.82) is 0 Å². The van der Waals surface area contributed by atoms with Crippen molar-refractivity contribution in [2.75, 3.05) is 18.0 Å². The van der Waals surface area contributed by atoms with Crippen molar-refractivity contribution >= 4 is 5.82 Å². The van der Waals surface area contributed by atoms with Crippen molar-refractivity contribution in [2.24, 2.45) is 11.8 Å². The molecule has 100 valence electrons. The minimum atomic E-state index is -0.186. The molecule has 1 aliphatic rings. The number of pyridine rings is 1. The Hall–Kier alpha value is -1.09. The Balaban J connectivity index is 2.19. The summed E-state index contributed by atoms with van der Waals surface area (Å²) in [5.41, 5.74) is 1.14. The zero-order valence-electron chi connectivity index (χ0n) is 11.8. The van der Waals surface area contributed by atoms with Gasteiger partial charge in [0.05, 0.1) is 6.10 Å². The Morgan fingerprint density at radius 3 is 2.39 bits per heavy atom. The lowest BCUT2D eigenvalue weighted by atomic mass is 9.88. The Morgan fingerprint density at radius 2 is 1.83 bits per heavy atom. The smallest absolute Gasteiger partial charge is 0.128 e. The van der Waals surface area contributed by atoms with Gasteiger partial charge in [-0.15, -0.1) is 0 Å². The van der Waals surface area contributed by atoms with Crippen molar-refractivity contribution in [3.05, 3.63) is 23.9 Å². The van der Waals surface area contributed by atoms with Crippen LogP contribution in [0.1, 0.15) is 39.3 Å². The van der Waals surface area contributed by atoms with E-state index in [0.717, 1.165) is 24.6 Å². The maximum atomic E-state index is 10.0. The molecule has 2 rings (SSSR count). The minimum absolute atomic E-state index is 0.186. The summed E-state index contributed by atoms with van der Waals surface area (Å²) in [7, 11) is 0. The summed E-state index contributed by atoms with van der Waals surface area (Å²) < 4.78 is 0. The number of rotatable bonds is 2. The van der Waals surface area contributed by atoms with Gasteiger partial charge in [-0.05, 0) is 29.9 Å². The summed E-state index contributed by atoms with van der Waals surface area (Å²) in [5.74, 6) is 2.11. The van der Waals surface area contributed by atoms with Crippen LogP contribution in [0.2, 0.25) is 0 Å². The molecule has 0 aliphatic carbocycles. The van der Waals surface area contributed by atoms with Gasteiger partial charge in [-0.3, -0.25) is 0 Å². The van der Waals surface area contributed by atoms with Gasteiger partial charge < -0.3 is 10.0 Å². The summed E-state index contributed by atoms with van der Waals surface area (Å²) in [5, 5.41) is 10.0. The van der Waals surface area contributed by atoms with Gasteiger partial charge in [0.15, 0.2) is 0 Å². The predicted molar refractivity (Wildman–Crippen MR) is 74.9 cm³/mol. The zero-order chi connectivity index (χ0) is 13.3. The summed E-state index contributed by atoms with van der Waals surface area (Å²) in [6, 6.07) is 6.24. The van der Waals surface area contributed by atoms with Crippen LogP contribution in [-0.4, -0.2) is 29.3 Å². The molecule has 0 spiro atoms. The van der Waals surface area contributed by atoms with Gasteiger partial charge in [0.2, 0.25) is 0 Å². The molecule has 1 N–H and O–H groups in total. The summed E-state index contributed by atoms with van der Waals surface area (Å²) in [4.78, 5) is 7.03. The van der Waals surface area contributed by atoms with Crippen LogP contribution in [0, 0.1) is 11.8 Å². The van der Waals surface area contributed by atoms with Gasteiger partial charge in [-0.2, -0.15) is 0 Å². The zero-order valence-corrected chi connectivity index (χ0v) is 11.8. The van der Waals surface area contributed by atoms with E-state index < -0.39 is 0 Å². The van der Waals surface area contributed by atoms with Gasteiger partial charge in [0.1, 0.15) is 5.82 Å². The molecule has 1 saturated heterocycles. The minimum Gasteiger partial charge on any atom is -0.392 e. The largest absolute Gasteiger partial charge is 0.392 e. The van der Waals surface area contributed by atoms with Crippen LogP contribution in [0.15, 0.2) is 18.2 Å². The molecule has 0 saturated carbocycles. The van der Waals surface area contributed by atoms with Crippen LogP contribution in [0.5, 0.6) is 0 Å². The molecule has 0 bridgehead atoms. The fraction of sp³-hybridized carbons (Fsp3) is 0.667. The Labute approximate surface area is 110 Å². The van der Waals surface area contributed by atoms with Crippen LogP contribution in [0.25, 0.3) is 0 Å². The molecule has 1 unspecified atom stereocenters. The molecule has 3 nitrogen and oxygen atoms in total. The third kappa shape index (κ3) is 2.66. The van der Waals surface area contributed by atoms with Gasteiger partial charge in [-0.1, -0.05) is 33.8 Å². The molecule has 2 heterocycles. The van der Waals surface area contributed by atoms with Gasteiger partial charge in [0, 0.05) is 18.8 Å². The van der Waals surface area contributed by atoms with Crippen molar-refractivity contribution in [3.8, 4) is 0 Å². The first kappa shape index (κ1) is 13.3. The summed E-state index contributed by atoms with van der Waals surface area (Å²) in [6.45, 7) is 10.3. The molecule has 0 radical (unpaired) electrons. The van der Waals surface area contributed by atoms with E-state index in [0.29, 0.717) is 17.8 Å². The van der Waals surface area contributed by atoms with E-state index in [1.807, 2.05) is 0 Å². The first-order chi connectivity index (χ1) is 8.49. The first-order valence-corrected chi connectivity index (χ1v) is 6.89. The van der Waals surface area contributed by atoms with E-state index in [1.165, 1.54) is 0 Å². The maximum Gasteiger partial charge on any atom is 0.128 e. The standard InChI is InChI=1S/C15H24N2O/c1-10(2)13-6-5-7-14(16-13)17-8-11(3)15(18)12(4)9-17/h5-7,10-12,15,18H,8-9H2,1-4H3/t11-,12+,15?. The fourth-order valence-electron chi connectivity index (χ4n) is 2.67. The molecule has 1 aromatic heterocycles. The van der Waals surface area contributed by atoms with E-state index in [9.17, 15) is 5.11 Å². The normalized spacial score (nSPS) is 28.8. The van der Waals surface area contributed by atoms with Crippen molar-refractivity contribution in [2.45, 2.75) is 39.7 Å². The monoisotopic (exact) mass is 248 g/mol. The predicted octanol–water partition coefficient (Wildman–Crippen LogP) is 2.66. The average molecular weight is 248 g/mol. The molecule has 0 aromatic carbocycles. The molecule has 3 heteroatoms. The molecule has 0 amide bonds. The van der Waals surface area contributed by atoms with Crippen molar-refractivity contribution in [3.63, 3.8) is 0 Å². The second kappa shape index (κ2) is 5.27. The van der Waals surface area contributed by atoms with Crippen LogP contribution in [0.4, 0.5) is 5.82 Å². The maximum absolute atomic E-state index is 10.0. The molecule has 1 aliphatic heterocycles. The molecule has 1 aromatic rings. The van der Waals surface area contributed by atoms with Crippen LogP contribution in [0.3, 0.4) is 0 Å². The second-order valence-corrected chi connectivity index (χ2v) is 5.93. The van der Waals surface area contributed by atoms with E-state index in [-0.39, 0.29) is 6.10 Å². The number of aliphatic hydroxyl groups is 1. The number of aromatic nitrogens is 1. The summed E-state index contributed by atoms with van der Waals surface area (Å²) in [6.07, 6.45) is -0.186. The highest BCUT2D eigenvalue weighted by Crippen LogP contribution is 2.26. The molecule has 3 atom stereocenters. The Kier molecular flexibility index (Phi) is 3.91. The Morgan fingerprint density at radius 1 is 1.22 bits per heavy atom. The highest BCUT2D eigenvalue weighted by molar-refractivity contribution is 5.40. The number of piperidine rings is 1. The quantitative estimate of drug-likeness (QED) is 0.874. The Bertz CT molecular complexity index is 393. The highest BCUT2D eigenvalue weighted by atomic mass is 16.3. The number of anilines is 1. The molecule has 18 heavy (non-hydrogen) atoms. The van der Waals surface area contributed by atoms with Crippen LogP contribution < -0.4 is 4.90 Å². The number of aliphatic hydroxyl groups excluding tert-OH is 1. The van der Waals surface area contributed by atoms with Crippen molar-refractivity contribution in [1.82, 2.24) is 4.98 Å². The lowest BCUT2D eigenvalue weighted by Gasteiger charge is -2.39. The average Bonchev–Trinajstić information content (AvgIpc) is 2.35. The topological polar surface area (TPSA) is 36.4 Å². The van der Waals surface area contributed by atoms with Gasteiger partial charge in [0.25, 0.3) is 0 Å². The third-order valence-electron chi connectivity index (χ3n) is 3.85. The van der Waals surface area contributed by atoms with Gasteiger partial charge in [-0.25, -0.2) is 4.98 Å². The first-order valence-electron chi connectivity index (χ1n) is 6.89. The fourth-order valence-corrected chi connectivity index (χ4v) is 2.67. The lowest BCUT2D eigenvalue weighted by Crippen LogP contribution is -2.47. The van der Waals surface area contributed by atoms with E-state index in [2.05, 4.69) is 50.8 Å². The van der Waals surface area contributed by atoms with Crippen molar-refractivity contribution < 1.29 is 5.11 Å². The van der Waals surface area contributed by atoms with Gasteiger partial charge >= 0.3 is 0 Å². The van der Waals surface area contributed by atoms with E-state index in [1.54, 1.807) is 0 Å². The van der Waals surface area contributed by atoms with E-state index in [4.69, 9.17) is 4.98 Å². The molecular weight excluding hydrogens is 224 g/mol. The number of hydrogen-bond donors (Lipinski definition) is 1. The highest BCUT2D eigenvalue weighted by Gasteiger charge is 2.30. The number of nitrogens with zero attached hydrogens (tertiary/aromatic N) is 2. The third-order valence-corrected chi connectivity index (χ3v) is 3.85. The second-order valence-electron chi connectivity index (χ2n) is 5.93. The lowest BCUT2D eigenvalue weighted by molar-refractivity contribution is 0.0527.